The number of halogens is 2. The summed E-state index contributed by atoms with van der Waals surface area (Å²) in [4.78, 5) is 39.5. The van der Waals surface area contributed by atoms with Gasteiger partial charge in [-0.3, -0.25) is 14.4 Å². The van der Waals surface area contributed by atoms with E-state index in [2.05, 4.69) is 10.6 Å². The molecule has 0 radical (unpaired) electrons. The Kier molecular flexibility index (Phi) is 10.3. The third kappa shape index (κ3) is 5.97. The summed E-state index contributed by atoms with van der Waals surface area (Å²) in [7, 11) is 0. The molecule has 32 heavy (non-hydrogen) atoms. The first-order valence-corrected chi connectivity index (χ1v) is 11.6. The van der Waals surface area contributed by atoms with E-state index in [4.69, 9.17) is 14.9 Å². The number of amides is 3. The molecule has 1 heterocycles. The van der Waals surface area contributed by atoms with Gasteiger partial charge in [0.15, 0.2) is 12.4 Å². The number of aliphatic hydroxyl groups excluding tert-OH is 5. The van der Waals surface area contributed by atoms with Crippen molar-refractivity contribution in [2.75, 3.05) is 51.0 Å². The fraction of sp³-hybridized carbons (Fsp3) is 0.500. The van der Waals surface area contributed by atoms with Gasteiger partial charge < -0.3 is 45.8 Å². The van der Waals surface area contributed by atoms with Crippen LogP contribution in [0.3, 0.4) is 0 Å². The van der Waals surface area contributed by atoms with Gasteiger partial charge >= 0.3 is 0 Å². The second-order valence-corrected chi connectivity index (χ2v) is 8.86. The van der Waals surface area contributed by atoms with E-state index >= 15 is 0 Å². The Labute approximate surface area is 210 Å². The lowest BCUT2D eigenvalue weighted by atomic mass is 10.0. The number of hydrogen-bond donors (Lipinski definition) is 7. The average molecular weight is 679 g/mol. The molecule has 1 aromatic rings. The molecule has 1 aliphatic heterocycles. The zero-order valence-electron chi connectivity index (χ0n) is 16.7. The van der Waals surface area contributed by atoms with Crippen LogP contribution in [0.2, 0.25) is 0 Å². The first-order valence-electron chi connectivity index (χ1n) is 9.41. The van der Waals surface area contributed by atoms with Crippen LogP contribution < -0.4 is 20.3 Å². The Morgan fingerprint density at radius 3 is 2.00 bits per heavy atom. The van der Waals surface area contributed by atoms with Gasteiger partial charge in [0.25, 0.3) is 17.7 Å². The summed E-state index contributed by atoms with van der Waals surface area (Å²) in [6.45, 7) is -2.51. The number of carbonyl (C=O) groups excluding carboxylic acids is 3. The summed E-state index contributed by atoms with van der Waals surface area (Å²) in [6.07, 6.45) is -2.39. The van der Waals surface area contributed by atoms with Crippen molar-refractivity contribution in [3.8, 4) is 5.75 Å². The van der Waals surface area contributed by atoms with Crippen LogP contribution in [0.15, 0.2) is 0 Å². The molecule has 1 aromatic carbocycles. The van der Waals surface area contributed by atoms with E-state index in [0.717, 1.165) is 0 Å². The first-order chi connectivity index (χ1) is 15.2. The lowest BCUT2D eigenvalue weighted by molar-refractivity contribution is -0.121. The lowest BCUT2D eigenvalue weighted by Gasteiger charge is -2.32. The predicted octanol–water partition coefficient (Wildman–Crippen LogP) is -2.22. The van der Waals surface area contributed by atoms with Crippen molar-refractivity contribution in [3.05, 3.63) is 18.3 Å². The molecule has 2 atom stereocenters. The van der Waals surface area contributed by atoms with Gasteiger partial charge in [0.05, 0.1) is 46.7 Å². The maximum absolute atomic E-state index is 13.0. The molecule has 2 rings (SSSR count). The normalized spacial score (nSPS) is 15.0. The lowest BCUT2D eigenvalue weighted by Crippen LogP contribution is -2.43. The molecule has 0 aromatic heterocycles. The minimum Gasteiger partial charge on any atom is -0.481 e. The smallest absolute Gasteiger partial charge is 0.265 e. The average Bonchev–Trinajstić information content (AvgIpc) is 2.77. The Morgan fingerprint density at radius 2 is 1.50 bits per heavy atom. The molecule has 14 heteroatoms. The fourth-order valence-electron chi connectivity index (χ4n) is 2.84. The number of hydrogen-bond acceptors (Lipinski definition) is 9. The monoisotopic (exact) mass is 679 g/mol. The Morgan fingerprint density at radius 1 is 0.969 bits per heavy atom. The van der Waals surface area contributed by atoms with Crippen molar-refractivity contribution >= 4 is 68.6 Å². The summed E-state index contributed by atoms with van der Waals surface area (Å²) in [5.74, 6) is -1.82. The van der Waals surface area contributed by atoms with Gasteiger partial charge in [-0.15, -0.1) is 0 Å². The second-order valence-electron chi connectivity index (χ2n) is 6.71. The molecule has 12 nitrogen and oxygen atoms in total. The molecule has 0 bridgehead atoms. The predicted molar refractivity (Wildman–Crippen MR) is 128 cm³/mol. The Bertz CT molecular complexity index is 884. The molecule has 2 unspecified atom stereocenters. The van der Waals surface area contributed by atoms with Crippen LogP contribution in [0, 0.1) is 7.14 Å². The molecule has 0 fully saturated rings. The van der Waals surface area contributed by atoms with Crippen molar-refractivity contribution in [1.29, 1.82) is 0 Å². The van der Waals surface area contributed by atoms with Crippen molar-refractivity contribution in [2.24, 2.45) is 0 Å². The second kappa shape index (κ2) is 12.2. The minimum atomic E-state index is -1.20. The zero-order valence-corrected chi connectivity index (χ0v) is 21.0. The Hall–Kier alpha value is -1.31. The fourth-order valence-corrected chi connectivity index (χ4v) is 5.41. The molecular formula is C18H23I2N3O9. The van der Waals surface area contributed by atoms with Crippen molar-refractivity contribution < 1.29 is 44.7 Å². The highest BCUT2D eigenvalue weighted by molar-refractivity contribution is 14.1. The van der Waals surface area contributed by atoms with Gasteiger partial charge in [0, 0.05) is 23.2 Å². The van der Waals surface area contributed by atoms with E-state index in [-0.39, 0.29) is 62.6 Å². The van der Waals surface area contributed by atoms with Gasteiger partial charge in [-0.2, -0.15) is 0 Å². The summed E-state index contributed by atoms with van der Waals surface area (Å²) >= 11 is 3.62. The van der Waals surface area contributed by atoms with E-state index in [1.54, 1.807) is 22.6 Å². The molecule has 3 amide bonds. The molecule has 0 aliphatic carbocycles. The molecule has 1 aliphatic rings. The van der Waals surface area contributed by atoms with Crippen LogP contribution >= 0.6 is 45.2 Å². The third-order valence-electron chi connectivity index (χ3n) is 4.42. The van der Waals surface area contributed by atoms with E-state index in [1.165, 1.54) is 4.90 Å². The van der Waals surface area contributed by atoms with Crippen molar-refractivity contribution in [3.63, 3.8) is 0 Å². The van der Waals surface area contributed by atoms with E-state index < -0.39 is 43.1 Å². The number of nitrogens with one attached hydrogen (secondary N) is 2. The summed E-state index contributed by atoms with van der Waals surface area (Å²) in [6, 6.07) is 0. The molecule has 178 valence electrons. The van der Waals surface area contributed by atoms with E-state index in [1.807, 2.05) is 22.6 Å². The van der Waals surface area contributed by atoms with Gasteiger partial charge in [-0.25, -0.2) is 0 Å². The summed E-state index contributed by atoms with van der Waals surface area (Å²) in [5, 5.41) is 51.4. The van der Waals surface area contributed by atoms with Crippen LogP contribution in [-0.4, -0.2) is 102 Å². The number of ether oxygens (including phenoxy) is 1. The molecule has 0 spiro atoms. The third-order valence-corrected chi connectivity index (χ3v) is 6.54. The highest BCUT2D eigenvalue weighted by Gasteiger charge is 2.37. The van der Waals surface area contributed by atoms with E-state index in [9.17, 15) is 29.7 Å². The zero-order chi connectivity index (χ0) is 24.0. The number of benzene rings is 1. The van der Waals surface area contributed by atoms with Gasteiger partial charge in [-0.1, -0.05) is 0 Å². The van der Waals surface area contributed by atoms with Crippen LogP contribution in [0.4, 0.5) is 5.69 Å². The highest BCUT2D eigenvalue weighted by Crippen LogP contribution is 2.44. The highest BCUT2D eigenvalue weighted by atomic mass is 127. The SMILES string of the molecule is O=C(NCC(O)CO)c1c(I)c(C(=O)NCC(O)CO)c2c(c1I)N(CCO)C(=O)CO2. The van der Waals surface area contributed by atoms with Crippen LogP contribution in [0.1, 0.15) is 20.7 Å². The number of fused-ring (bicyclic) bond motifs is 1. The van der Waals surface area contributed by atoms with Gasteiger partial charge in [0.1, 0.15) is 5.69 Å². The Balaban J connectivity index is 2.62. The van der Waals surface area contributed by atoms with E-state index in [0.29, 0.717) is 0 Å². The maximum atomic E-state index is 13.0. The van der Waals surface area contributed by atoms with Gasteiger partial charge in [0.2, 0.25) is 0 Å². The number of aliphatic hydroxyl groups is 5. The molecule has 0 saturated heterocycles. The molecule has 7 N–H and O–H groups in total. The largest absolute Gasteiger partial charge is 0.481 e. The standard InChI is InChI=1S/C18H23I2N3O9/c19-13-11(17(30)21-3-8(27)5-25)14(20)15-16(32-7-10(29)23(15)1-2-24)12(13)18(31)22-4-9(28)6-26/h8-9,24-28H,1-7H2,(H,21,30)(H,22,31). The first kappa shape index (κ1) is 26.9. The maximum Gasteiger partial charge on any atom is 0.265 e. The summed E-state index contributed by atoms with van der Waals surface area (Å²) in [5.41, 5.74) is 0.107. The number of nitrogens with zero attached hydrogens (tertiary/aromatic N) is 1. The van der Waals surface area contributed by atoms with Crippen molar-refractivity contribution in [1.82, 2.24) is 10.6 Å². The quantitative estimate of drug-likeness (QED) is 0.135. The number of carbonyl (C=O) groups is 3. The topological polar surface area (TPSA) is 189 Å². The number of β-amino-alcohol motifs (C(OH)–C–C–N with tert-alkyl or cyclic N) is 1. The van der Waals surface area contributed by atoms with Gasteiger partial charge in [-0.05, 0) is 45.2 Å². The molecule has 0 saturated carbocycles. The van der Waals surface area contributed by atoms with Crippen LogP contribution in [0.5, 0.6) is 5.75 Å². The van der Waals surface area contributed by atoms with Crippen LogP contribution in [0.25, 0.3) is 0 Å². The molecular weight excluding hydrogens is 656 g/mol. The van der Waals surface area contributed by atoms with Crippen LogP contribution in [-0.2, 0) is 4.79 Å². The van der Waals surface area contributed by atoms with Crippen molar-refractivity contribution in [2.45, 2.75) is 12.2 Å². The number of rotatable bonds is 10. The summed E-state index contributed by atoms with van der Waals surface area (Å²) < 4.78 is 6.02. The number of anilines is 1. The minimum absolute atomic E-state index is 0.0317.